The summed E-state index contributed by atoms with van der Waals surface area (Å²) in [6, 6.07) is 5.82. The second-order valence-electron chi connectivity index (χ2n) is 5.19. The fourth-order valence-electron chi connectivity index (χ4n) is 2.22. The second kappa shape index (κ2) is 4.31. The standard InChI is InChI=1S/C13H17NO4S/c1-9-5-7-10(8-6-9)19(16,17)14-11(12(15)18-4)13(14,2)3/h5-8,11H,1-4H3. The molecule has 19 heavy (non-hydrogen) atoms. The lowest BCUT2D eigenvalue weighted by Gasteiger charge is -2.08. The molecule has 6 heteroatoms. The number of methoxy groups -OCH3 is 1. The van der Waals surface area contributed by atoms with Crippen molar-refractivity contribution in [3.05, 3.63) is 29.8 Å². The van der Waals surface area contributed by atoms with Crippen molar-refractivity contribution < 1.29 is 17.9 Å². The van der Waals surface area contributed by atoms with Gasteiger partial charge in [0.15, 0.2) is 0 Å². The van der Waals surface area contributed by atoms with E-state index < -0.39 is 27.6 Å². The SMILES string of the molecule is COC(=O)C1N(S(=O)(=O)c2ccc(C)cc2)C1(C)C. The number of hydrogen-bond acceptors (Lipinski definition) is 4. The van der Waals surface area contributed by atoms with Gasteiger partial charge in [0.1, 0.15) is 6.04 Å². The molecule has 0 aromatic heterocycles. The van der Waals surface area contributed by atoms with Gasteiger partial charge < -0.3 is 4.74 Å². The van der Waals surface area contributed by atoms with Gasteiger partial charge >= 0.3 is 5.97 Å². The van der Waals surface area contributed by atoms with Gasteiger partial charge in [0.25, 0.3) is 0 Å². The summed E-state index contributed by atoms with van der Waals surface area (Å²) in [4.78, 5) is 11.8. The predicted molar refractivity (Wildman–Crippen MR) is 70.1 cm³/mol. The number of carbonyl (C=O) groups excluding carboxylic acids is 1. The lowest BCUT2D eigenvalue weighted by Crippen LogP contribution is -2.20. The first-order chi connectivity index (χ1) is 8.72. The summed E-state index contributed by atoms with van der Waals surface area (Å²) in [5, 5.41) is 0. The molecule has 1 fully saturated rings. The number of hydrogen-bond donors (Lipinski definition) is 0. The fraction of sp³-hybridized carbons (Fsp3) is 0.462. The summed E-state index contributed by atoms with van der Waals surface area (Å²) in [5.74, 6) is -0.527. The van der Waals surface area contributed by atoms with Crippen molar-refractivity contribution in [2.75, 3.05) is 7.11 Å². The highest BCUT2D eigenvalue weighted by molar-refractivity contribution is 7.89. The zero-order chi connectivity index (χ0) is 14.4. The Labute approximate surface area is 113 Å². The Morgan fingerprint density at radius 1 is 1.26 bits per heavy atom. The average Bonchev–Trinajstić information content (AvgIpc) is 2.93. The molecule has 1 aromatic rings. The number of ether oxygens (including phenoxy) is 1. The van der Waals surface area contributed by atoms with E-state index >= 15 is 0 Å². The van der Waals surface area contributed by atoms with Crippen LogP contribution in [0.15, 0.2) is 29.2 Å². The van der Waals surface area contributed by atoms with Gasteiger partial charge in [0.2, 0.25) is 10.0 Å². The third kappa shape index (κ3) is 2.15. The van der Waals surface area contributed by atoms with E-state index in [1.165, 1.54) is 11.4 Å². The van der Waals surface area contributed by atoms with Crippen LogP contribution >= 0.6 is 0 Å². The molecule has 1 saturated heterocycles. The van der Waals surface area contributed by atoms with E-state index in [4.69, 9.17) is 0 Å². The van der Waals surface area contributed by atoms with Crippen molar-refractivity contribution in [2.45, 2.75) is 37.2 Å². The fourth-order valence-corrected chi connectivity index (χ4v) is 4.22. The first-order valence-corrected chi connectivity index (χ1v) is 7.36. The largest absolute Gasteiger partial charge is 0.468 e. The Kier molecular flexibility index (Phi) is 3.18. The minimum absolute atomic E-state index is 0.192. The van der Waals surface area contributed by atoms with E-state index in [0.29, 0.717) is 0 Å². The van der Waals surface area contributed by atoms with Crippen LogP contribution in [-0.4, -0.2) is 37.4 Å². The molecule has 0 aliphatic carbocycles. The zero-order valence-electron chi connectivity index (χ0n) is 11.4. The third-order valence-electron chi connectivity index (χ3n) is 3.41. The lowest BCUT2D eigenvalue weighted by atomic mass is 10.1. The van der Waals surface area contributed by atoms with Gasteiger partial charge in [-0.15, -0.1) is 0 Å². The predicted octanol–water partition coefficient (Wildman–Crippen LogP) is 1.32. The van der Waals surface area contributed by atoms with E-state index in [1.54, 1.807) is 38.1 Å². The Balaban J connectivity index is 2.37. The van der Waals surface area contributed by atoms with Gasteiger partial charge in [0.05, 0.1) is 17.5 Å². The zero-order valence-corrected chi connectivity index (χ0v) is 12.2. The van der Waals surface area contributed by atoms with Crippen molar-refractivity contribution in [3.63, 3.8) is 0 Å². The van der Waals surface area contributed by atoms with Gasteiger partial charge in [0, 0.05) is 0 Å². The molecule has 1 aliphatic heterocycles. The summed E-state index contributed by atoms with van der Waals surface area (Å²) in [5.41, 5.74) is 0.241. The van der Waals surface area contributed by atoms with Crippen LogP contribution in [0.25, 0.3) is 0 Å². The van der Waals surface area contributed by atoms with Gasteiger partial charge in [-0.25, -0.2) is 8.42 Å². The molecule has 0 saturated carbocycles. The quantitative estimate of drug-likeness (QED) is 0.620. The maximum atomic E-state index is 12.5. The monoisotopic (exact) mass is 283 g/mol. The van der Waals surface area contributed by atoms with Crippen molar-refractivity contribution in [1.82, 2.24) is 4.31 Å². The highest BCUT2D eigenvalue weighted by Crippen LogP contribution is 2.45. The molecule has 0 radical (unpaired) electrons. The summed E-state index contributed by atoms with van der Waals surface area (Å²) in [7, 11) is -2.40. The van der Waals surface area contributed by atoms with Crippen LogP contribution in [0.4, 0.5) is 0 Å². The van der Waals surface area contributed by atoms with Gasteiger partial charge in [-0.05, 0) is 32.9 Å². The van der Waals surface area contributed by atoms with Gasteiger partial charge in [-0.3, -0.25) is 4.79 Å². The van der Waals surface area contributed by atoms with Crippen molar-refractivity contribution in [2.24, 2.45) is 0 Å². The number of esters is 1. The Hall–Kier alpha value is -1.40. The highest BCUT2D eigenvalue weighted by Gasteiger charge is 2.67. The molecule has 2 rings (SSSR count). The van der Waals surface area contributed by atoms with Crippen molar-refractivity contribution in [3.8, 4) is 0 Å². The minimum Gasteiger partial charge on any atom is -0.468 e. The van der Waals surface area contributed by atoms with E-state index in [9.17, 15) is 13.2 Å². The van der Waals surface area contributed by atoms with Crippen LogP contribution in [0.3, 0.4) is 0 Å². The van der Waals surface area contributed by atoms with Crippen molar-refractivity contribution in [1.29, 1.82) is 0 Å². The summed E-state index contributed by atoms with van der Waals surface area (Å²) >= 11 is 0. The molecule has 0 N–H and O–H groups in total. The van der Waals surface area contributed by atoms with Crippen LogP contribution < -0.4 is 0 Å². The topological polar surface area (TPSA) is 63.5 Å². The molecule has 1 aliphatic rings. The van der Waals surface area contributed by atoms with Gasteiger partial charge in [-0.1, -0.05) is 17.7 Å². The number of carbonyl (C=O) groups is 1. The maximum absolute atomic E-state index is 12.5. The minimum atomic E-state index is -3.66. The molecular formula is C13H17NO4S. The lowest BCUT2D eigenvalue weighted by molar-refractivity contribution is -0.140. The smallest absolute Gasteiger partial charge is 0.326 e. The number of benzene rings is 1. The maximum Gasteiger partial charge on any atom is 0.326 e. The molecule has 2 atom stereocenters. The number of sulfonamides is 1. The van der Waals surface area contributed by atoms with Crippen LogP contribution in [0.1, 0.15) is 19.4 Å². The summed E-state index contributed by atoms with van der Waals surface area (Å²) in [6.45, 7) is 5.30. The van der Waals surface area contributed by atoms with Crippen LogP contribution in [0, 0.1) is 6.92 Å². The third-order valence-corrected chi connectivity index (χ3v) is 5.47. The van der Waals surface area contributed by atoms with Gasteiger partial charge in [-0.2, -0.15) is 4.31 Å². The Morgan fingerprint density at radius 3 is 2.26 bits per heavy atom. The molecule has 1 aromatic carbocycles. The molecular weight excluding hydrogens is 266 g/mol. The van der Waals surface area contributed by atoms with E-state index in [0.717, 1.165) is 5.56 Å². The second-order valence-corrected chi connectivity index (χ2v) is 7.01. The molecule has 5 nitrogen and oxygen atoms in total. The molecule has 0 amide bonds. The highest BCUT2D eigenvalue weighted by atomic mass is 32.2. The first-order valence-electron chi connectivity index (χ1n) is 5.92. The van der Waals surface area contributed by atoms with Crippen LogP contribution in [0.2, 0.25) is 0 Å². The molecule has 0 bridgehead atoms. The number of rotatable bonds is 3. The van der Waals surface area contributed by atoms with E-state index in [-0.39, 0.29) is 4.90 Å². The number of aryl methyl sites for hydroxylation is 1. The van der Waals surface area contributed by atoms with Crippen molar-refractivity contribution >= 4 is 16.0 Å². The molecule has 104 valence electrons. The molecule has 2 unspecified atom stereocenters. The number of nitrogens with zero attached hydrogens (tertiary/aromatic N) is 1. The molecule has 0 spiro atoms. The summed E-state index contributed by atoms with van der Waals surface area (Å²) < 4.78 is 30.8. The average molecular weight is 283 g/mol. The van der Waals surface area contributed by atoms with Crippen LogP contribution in [0.5, 0.6) is 0 Å². The Morgan fingerprint density at radius 2 is 1.79 bits per heavy atom. The normalized spacial score (nSPS) is 24.8. The molecule has 1 heterocycles. The first kappa shape index (κ1) is 14.0. The van der Waals surface area contributed by atoms with E-state index in [1.807, 2.05) is 6.92 Å². The van der Waals surface area contributed by atoms with E-state index in [2.05, 4.69) is 4.74 Å². The summed E-state index contributed by atoms with van der Waals surface area (Å²) in [6.07, 6.45) is 0. The Bertz CT molecular complexity index is 604. The van der Waals surface area contributed by atoms with Crippen LogP contribution in [-0.2, 0) is 19.6 Å².